The lowest BCUT2D eigenvalue weighted by molar-refractivity contribution is -0.137. The number of hydrogen-bond donors (Lipinski definition) is 1. The Morgan fingerprint density at radius 3 is 2.19 bits per heavy atom. The Hall–Kier alpha value is -3.89. The molecule has 3 aromatic rings. The van der Waals surface area contributed by atoms with E-state index >= 15 is 0 Å². The van der Waals surface area contributed by atoms with Crippen LogP contribution in [0.15, 0.2) is 83.8 Å². The quantitative estimate of drug-likeness (QED) is 0.468. The van der Waals surface area contributed by atoms with Crippen LogP contribution in [-0.2, 0) is 37.2 Å². The van der Waals surface area contributed by atoms with Gasteiger partial charge in [0.2, 0.25) is 21.8 Å². The van der Waals surface area contributed by atoms with Crippen LogP contribution >= 0.6 is 0 Å². The molecule has 1 saturated heterocycles. The molecule has 0 saturated carbocycles. The van der Waals surface area contributed by atoms with Crippen LogP contribution in [-0.4, -0.2) is 43.6 Å². The van der Waals surface area contributed by atoms with E-state index in [2.05, 4.69) is 0 Å². The molecule has 4 rings (SSSR count). The number of anilines is 1. The van der Waals surface area contributed by atoms with Crippen molar-refractivity contribution in [1.29, 1.82) is 0 Å². The zero-order valence-corrected chi connectivity index (χ0v) is 20.0. The lowest BCUT2D eigenvalue weighted by Gasteiger charge is -2.28. The van der Waals surface area contributed by atoms with Crippen LogP contribution in [0.2, 0.25) is 0 Å². The van der Waals surface area contributed by atoms with Crippen molar-refractivity contribution in [2.75, 3.05) is 11.4 Å². The number of hydrogen-bond acceptors (Lipinski definition) is 5. The van der Waals surface area contributed by atoms with Gasteiger partial charge >= 0.3 is 0 Å². The number of nitrogens with two attached hydrogens (primary N) is 1. The fraction of sp³-hybridized carbons (Fsp3) is 0.192. The van der Waals surface area contributed by atoms with Crippen LogP contribution < -0.4 is 10.0 Å². The number of carbonyl (C=O) groups is 3. The highest BCUT2D eigenvalue weighted by atomic mass is 32.2. The van der Waals surface area contributed by atoms with Crippen molar-refractivity contribution < 1.29 is 27.2 Å². The fourth-order valence-corrected chi connectivity index (χ4v) is 4.66. The number of benzene rings is 3. The van der Waals surface area contributed by atoms with E-state index in [9.17, 15) is 27.2 Å². The highest BCUT2D eigenvalue weighted by Crippen LogP contribution is 2.27. The number of imide groups is 1. The van der Waals surface area contributed by atoms with Crippen molar-refractivity contribution in [1.82, 2.24) is 4.90 Å². The van der Waals surface area contributed by atoms with Gasteiger partial charge in [0, 0.05) is 6.54 Å². The van der Waals surface area contributed by atoms with Crippen LogP contribution in [0.3, 0.4) is 0 Å². The largest absolute Gasteiger partial charge is 0.329 e. The first-order valence-electron chi connectivity index (χ1n) is 11.2. The van der Waals surface area contributed by atoms with E-state index in [1.807, 2.05) is 6.07 Å². The molecule has 0 radical (unpaired) electrons. The van der Waals surface area contributed by atoms with Gasteiger partial charge in [0.05, 0.1) is 23.4 Å². The van der Waals surface area contributed by atoms with Gasteiger partial charge in [0.1, 0.15) is 11.9 Å². The molecule has 0 aliphatic carbocycles. The summed E-state index contributed by atoms with van der Waals surface area (Å²) in [6, 6.07) is 19.0. The molecule has 36 heavy (non-hydrogen) atoms. The lowest BCUT2D eigenvalue weighted by Crippen LogP contribution is -2.47. The second kappa shape index (κ2) is 10.4. The van der Waals surface area contributed by atoms with Crippen molar-refractivity contribution in [3.63, 3.8) is 0 Å². The Bertz CT molecular complexity index is 1380. The zero-order chi connectivity index (χ0) is 25.9. The molecule has 1 atom stereocenters. The first kappa shape index (κ1) is 25.2. The predicted octanol–water partition coefficient (Wildman–Crippen LogP) is 2.42. The average molecular weight is 510 g/mol. The summed E-state index contributed by atoms with van der Waals surface area (Å²) in [5.74, 6) is -1.86. The summed E-state index contributed by atoms with van der Waals surface area (Å²) in [7, 11) is -3.84. The van der Waals surface area contributed by atoms with Gasteiger partial charge in [-0.25, -0.2) is 22.8 Å². The topological polar surface area (TPSA) is 118 Å². The predicted molar refractivity (Wildman–Crippen MR) is 131 cm³/mol. The maximum absolute atomic E-state index is 13.4. The fourth-order valence-electron chi connectivity index (χ4n) is 4.14. The van der Waals surface area contributed by atoms with E-state index < -0.39 is 33.7 Å². The molecule has 1 unspecified atom stereocenters. The summed E-state index contributed by atoms with van der Waals surface area (Å²) in [4.78, 5) is 41.8. The van der Waals surface area contributed by atoms with Crippen LogP contribution in [0.25, 0.3) is 0 Å². The van der Waals surface area contributed by atoms with E-state index in [0.29, 0.717) is 6.42 Å². The van der Waals surface area contributed by atoms with Crippen molar-refractivity contribution in [2.24, 2.45) is 5.14 Å². The molecule has 186 valence electrons. The smallest absolute Gasteiger partial charge is 0.257 e. The molecule has 3 aromatic carbocycles. The molecular formula is C26H24FN3O5S. The van der Waals surface area contributed by atoms with Crippen molar-refractivity contribution in [2.45, 2.75) is 30.2 Å². The number of primary sulfonamides is 1. The Labute approximate surface area is 208 Å². The molecule has 0 bridgehead atoms. The van der Waals surface area contributed by atoms with Gasteiger partial charge in [0.25, 0.3) is 5.91 Å². The van der Waals surface area contributed by atoms with Gasteiger partial charge in [-0.15, -0.1) is 0 Å². The summed E-state index contributed by atoms with van der Waals surface area (Å²) in [5.41, 5.74) is 1.73. The Morgan fingerprint density at radius 2 is 1.58 bits per heavy atom. The molecule has 0 spiro atoms. The second-order valence-electron chi connectivity index (χ2n) is 8.45. The average Bonchev–Trinajstić information content (AvgIpc) is 3.14. The van der Waals surface area contributed by atoms with E-state index in [4.69, 9.17) is 5.14 Å². The Morgan fingerprint density at radius 1 is 0.944 bits per heavy atom. The van der Waals surface area contributed by atoms with E-state index in [1.54, 1.807) is 36.4 Å². The first-order valence-corrected chi connectivity index (χ1v) is 12.8. The molecule has 1 aliphatic rings. The van der Waals surface area contributed by atoms with Gasteiger partial charge in [-0.2, -0.15) is 0 Å². The number of rotatable bonds is 8. The zero-order valence-electron chi connectivity index (χ0n) is 19.2. The number of amides is 3. The number of carbonyl (C=O) groups excluding carboxylic acids is 3. The number of halogens is 1. The van der Waals surface area contributed by atoms with Gasteiger partial charge in [0.15, 0.2) is 0 Å². The Balaban J connectivity index is 1.57. The summed E-state index contributed by atoms with van der Waals surface area (Å²) < 4.78 is 36.4. The van der Waals surface area contributed by atoms with Crippen molar-refractivity contribution in [3.8, 4) is 0 Å². The highest BCUT2D eigenvalue weighted by Gasteiger charge is 2.44. The SMILES string of the molecule is NS(=O)(=O)c1ccc(CCN(C(=O)Cc2ccccc2)C2CC(=O)N(c3ccc(F)cc3)C2=O)cc1. The van der Waals surface area contributed by atoms with Gasteiger partial charge in [-0.05, 0) is 53.9 Å². The van der Waals surface area contributed by atoms with Crippen molar-refractivity contribution in [3.05, 3.63) is 95.8 Å². The van der Waals surface area contributed by atoms with Crippen LogP contribution in [0.5, 0.6) is 0 Å². The summed E-state index contributed by atoms with van der Waals surface area (Å²) >= 11 is 0. The maximum Gasteiger partial charge on any atom is 0.257 e. The third kappa shape index (κ3) is 5.67. The molecular weight excluding hydrogens is 485 g/mol. The summed E-state index contributed by atoms with van der Waals surface area (Å²) in [6.45, 7) is 0.126. The van der Waals surface area contributed by atoms with Crippen molar-refractivity contribution >= 4 is 33.4 Å². The molecule has 8 nitrogen and oxygen atoms in total. The monoisotopic (exact) mass is 509 g/mol. The van der Waals surface area contributed by atoms with Crippen LogP contribution in [0, 0.1) is 5.82 Å². The van der Waals surface area contributed by atoms with Crippen LogP contribution in [0.4, 0.5) is 10.1 Å². The Kier molecular flexibility index (Phi) is 7.27. The van der Waals surface area contributed by atoms with E-state index in [-0.39, 0.29) is 35.9 Å². The third-order valence-corrected chi connectivity index (χ3v) is 6.92. The lowest BCUT2D eigenvalue weighted by atomic mass is 10.1. The number of nitrogens with zero attached hydrogens (tertiary/aromatic N) is 2. The standard InChI is InChI=1S/C26H24FN3O5S/c27-20-8-10-21(11-9-20)30-25(32)17-23(26(30)33)29(24(31)16-19-4-2-1-3-5-19)15-14-18-6-12-22(13-7-18)36(28,34)35/h1-13,23H,14-17H2,(H2,28,34,35). The molecule has 0 aromatic heterocycles. The second-order valence-corrected chi connectivity index (χ2v) is 10.0. The normalized spacial score (nSPS) is 15.8. The highest BCUT2D eigenvalue weighted by molar-refractivity contribution is 7.89. The maximum atomic E-state index is 13.4. The number of sulfonamides is 1. The molecule has 1 heterocycles. The molecule has 1 fully saturated rings. The van der Waals surface area contributed by atoms with E-state index in [0.717, 1.165) is 28.2 Å². The minimum absolute atomic E-state index is 0.0326. The molecule has 1 aliphatic heterocycles. The van der Waals surface area contributed by atoms with Crippen LogP contribution in [0.1, 0.15) is 17.5 Å². The molecule has 10 heteroatoms. The first-order chi connectivity index (χ1) is 17.1. The summed E-state index contributed by atoms with van der Waals surface area (Å²) in [6.07, 6.45) is 0.167. The minimum Gasteiger partial charge on any atom is -0.329 e. The molecule has 2 N–H and O–H groups in total. The van der Waals surface area contributed by atoms with Gasteiger partial charge in [-0.3, -0.25) is 14.4 Å². The van der Waals surface area contributed by atoms with E-state index in [1.165, 1.54) is 29.2 Å². The van der Waals surface area contributed by atoms with Gasteiger partial charge in [-0.1, -0.05) is 42.5 Å². The summed E-state index contributed by atoms with van der Waals surface area (Å²) in [5, 5.41) is 5.15. The third-order valence-electron chi connectivity index (χ3n) is 6.00. The van der Waals surface area contributed by atoms with Gasteiger partial charge < -0.3 is 4.90 Å². The minimum atomic E-state index is -3.84. The molecule has 3 amide bonds.